The minimum Gasteiger partial charge on any atom is -0.478 e. The standard InChI is InChI=1S/C37H31F3N6O5/c38-28-12-21(33-18-46(44-43-33)25-8-10-49-20-25)4-5-23(28)19-51-36-3-1-2-31(42-36)27-16-29(39)24(13-30(27)40)15-35-41-32-7-6-22(37(47)48)14-34(32)45(35)17-26-9-11-50-26/h1-7,12-14,16,18,25-26H,8-11,15,17,19-20H2,(H,47,48)/t25-,26-/m0/s1. The van der Waals surface area contributed by atoms with Gasteiger partial charge in [-0.1, -0.05) is 23.4 Å². The predicted octanol–water partition coefficient (Wildman–Crippen LogP) is 6.39. The minimum absolute atomic E-state index is 0.0400. The third-order valence-electron chi connectivity index (χ3n) is 9.25. The summed E-state index contributed by atoms with van der Waals surface area (Å²) < 4.78 is 66.7. The van der Waals surface area contributed by atoms with Gasteiger partial charge in [-0.25, -0.2) is 32.6 Å². The van der Waals surface area contributed by atoms with Crippen molar-refractivity contribution >= 4 is 17.0 Å². The number of fused-ring (bicyclic) bond motifs is 1. The third-order valence-corrected chi connectivity index (χ3v) is 9.25. The summed E-state index contributed by atoms with van der Waals surface area (Å²) in [4.78, 5) is 20.6. The van der Waals surface area contributed by atoms with Crippen LogP contribution in [0.3, 0.4) is 0 Å². The number of nitrogens with zero attached hydrogens (tertiary/aromatic N) is 6. The number of hydrogen-bond donors (Lipinski definition) is 1. The monoisotopic (exact) mass is 696 g/mol. The molecule has 0 radical (unpaired) electrons. The summed E-state index contributed by atoms with van der Waals surface area (Å²) in [5.74, 6) is -2.38. The van der Waals surface area contributed by atoms with Gasteiger partial charge >= 0.3 is 5.97 Å². The summed E-state index contributed by atoms with van der Waals surface area (Å²) in [6.07, 6.45) is 3.32. The van der Waals surface area contributed by atoms with E-state index in [2.05, 4.69) is 20.3 Å². The lowest BCUT2D eigenvalue weighted by atomic mass is 10.0. The Morgan fingerprint density at radius 1 is 0.922 bits per heavy atom. The highest BCUT2D eigenvalue weighted by Crippen LogP contribution is 2.30. The first kappa shape index (κ1) is 32.6. The summed E-state index contributed by atoms with van der Waals surface area (Å²) >= 11 is 0. The molecule has 3 aromatic carbocycles. The number of halogens is 3. The van der Waals surface area contributed by atoms with Gasteiger partial charge < -0.3 is 23.9 Å². The zero-order chi connectivity index (χ0) is 35.1. The first-order valence-corrected chi connectivity index (χ1v) is 16.5. The second kappa shape index (κ2) is 13.6. The minimum atomic E-state index is -1.08. The van der Waals surface area contributed by atoms with E-state index in [-0.39, 0.29) is 59.0 Å². The molecule has 3 aromatic heterocycles. The number of carbonyl (C=O) groups is 1. The summed E-state index contributed by atoms with van der Waals surface area (Å²) in [5, 5.41) is 17.8. The van der Waals surface area contributed by atoms with E-state index in [0.717, 1.165) is 25.0 Å². The number of ether oxygens (including phenoxy) is 3. The topological polar surface area (TPSA) is 126 Å². The molecular weight excluding hydrogens is 665 g/mol. The zero-order valence-electron chi connectivity index (χ0n) is 27.1. The Kier molecular flexibility index (Phi) is 8.70. The van der Waals surface area contributed by atoms with E-state index >= 15 is 13.2 Å². The molecule has 14 heteroatoms. The highest BCUT2D eigenvalue weighted by Gasteiger charge is 2.24. The molecule has 1 N–H and O–H groups in total. The number of aromatic carboxylic acids is 1. The largest absolute Gasteiger partial charge is 0.478 e. The first-order valence-electron chi connectivity index (χ1n) is 16.5. The molecule has 8 rings (SSSR count). The molecule has 260 valence electrons. The van der Waals surface area contributed by atoms with E-state index in [4.69, 9.17) is 14.2 Å². The number of imidazole rings is 1. The van der Waals surface area contributed by atoms with Crippen molar-refractivity contribution in [2.24, 2.45) is 0 Å². The van der Waals surface area contributed by atoms with Crippen molar-refractivity contribution in [2.45, 2.75) is 44.6 Å². The van der Waals surface area contributed by atoms with Crippen LogP contribution in [0.25, 0.3) is 33.5 Å². The Hall–Kier alpha value is -5.60. The fourth-order valence-corrected chi connectivity index (χ4v) is 6.31. The van der Waals surface area contributed by atoms with E-state index in [9.17, 15) is 9.90 Å². The third kappa shape index (κ3) is 6.67. The Bertz CT molecular complexity index is 2260. The number of hydrogen-bond acceptors (Lipinski definition) is 8. The average molecular weight is 697 g/mol. The Labute approximate surface area is 289 Å². The predicted molar refractivity (Wildman–Crippen MR) is 178 cm³/mol. The number of rotatable bonds is 11. The van der Waals surface area contributed by atoms with Crippen molar-refractivity contribution in [3.8, 4) is 28.4 Å². The molecule has 0 saturated carbocycles. The van der Waals surface area contributed by atoms with Gasteiger partial charge in [0, 0.05) is 42.4 Å². The van der Waals surface area contributed by atoms with Gasteiger partial charge in [-0.3, -0.25) is 0 Å². The zero-order valence-corrected chi connectivity index (χ0v) is 27.1. The smallest absolute Gasteiger partial charge is 0.335 e. The Morgan fingerprint density at radius 2 is 1.78 bits per heavy atom. The van der Waals surface area contributed by atoms with Crippen LogP contribution in [0.5, 0.6) is 5.88 Å². The van der Waals surface area contributed by atoms with Crippen LogP contribution in [0, 0.1) is 17.5 Å². The SMILES string of the molecule is O=C(O)c1ccc2nc(Cc3cc(F)c(-c4cccc(OCc5ccc(-c6cn([C@H]7CCOC7)nn6)cc5F)n4)cc3F)n(C[C@@H]3CCO3)c2c1. The van der Waals surface area contributed by atoms with Crippen LogP contribution in [0.1, 0.15) is 46.2 Å². The molecular formula is C37H31F3N6O5. The van der Waals surface area contributed by atoms with E-state index < -0.39 is 23.4 Å². The van der Waals surface area contributed by atoms with Gasteiger partial charge in [0.2, 0.25) is 5.88 Å². The van der Waals surface area contributed by atoms with Gasteiger partial charge in [0.1, 0.15) is 35.6 Å². The fourth-order valence-electron chi connectivity index (χ4n) is 6.31. The maximum absolute atomic E-state index is 15.6. The number of benzene rings is 3. The maximum atomic E-state index is 15.6. The van der Waals surface area contributed by atoms with Gasteiger partial charge in [-0.15, -0.1) is 5.10 Å². The van der Waals surface area contributed by atoms with E-state index in [1.54, 1.807) is 41.2 Å². The van der Waals surface area contributed by atoms with E-state index in [0.29, 0.717) is 54.5 Å². The molecule has 51 heavy (non-hydrogen) atoms. The molecule has 2 aliphatic heterocycles. The van der Waals surface area contributed by atoms with Gasteiger partial charge in [-0.05, 0) is 60.9 Å². The van der Waals surface area contributed by atoms with Crippen LogP contribution in [-0.2, 0) is 29.0 Å². The molecule has 2 atom stereocenters. The lowest BCUT2D eigenvalue weighted by Gasteiger charge is -2.27. The number of pyridine rings is 1. The van der Waals surface area contributed by atoms with E-state index in [1.165, 1.54) is 24.3 Å². The summed E-state index contributed by atoms with van der Waals surface area (Å²) in [5.41, 5.74) is 2.74. The number of carboxylic acids is 1. The molecule has 0 spiro atoms. The molecule has 11 nitrogen and oxygen atoms in total. The summed E-state index contributed by atoms with van der Waals surface area (Å²) in [6.45, 7) is 2.12. The van der Waals surface area contributed by atoms with Crippen molar-refractivity contribution in [2.75, 3.05) is 19.8 Å². The van der Waals surface area contributed by atoms with Crippen molar-refractivity contribution in [1.29, 1.82) is 0 Å². The van der Waals surface area contributed by atoms with Crippen LogP contribution in [0.15, 0.2) is 72.9 Å². The second-order valence-electron chi connectivity index (χ2n) is 12.6. The molecule has 2 aliphatic rings. The van der Waals surface area contributed by atoms with Gasteiger partial charge in [-0.2, -0.15) is 0 Å². The lowest BCUT2D eigenvalue weighted by molar-refractivity contribution is -0.0589. The molecule has 2 fully saturated rings. The van der Waals surface area contributed by atoms with Gasteiger partial charge in [0.25, 0.3) is 0 Å². The Morgan fingerprint density at radius 3 is 2.55 bits per heavy atom. The average Bonchev–Trinajstić information content (AvgIpc) is 3.88. The van der Waals surface area contributed by atoms with Crippen molar-refractivity contribution in [3.05, 3.63) is 113 Å². The molecule has 0 unspecified atom stereocenters. The lowest BCUT2D eigenvalue weighted by Crippen LogP contribution is -2.31. The summed E-state index contributed by atoms with van der Waals surface area (Å²) in [6, 6.07) is 16.3. The quantitative estimate of drug-likeness (QED) is 0.164. The van der Waals surface area contributed by atoms with E-state index in [1.807, 2.05) is 4.57 Å². The van der Waals surface area contributed by atoms with Crippen LogP contribution in [0.4, 0.5) is 13.2 Å². The number of aromatic nitrogens is 6. The highest BCUT2D eigenvalue weighted by molar-refractivity contribution is 5.92. The molecule has 0 bridgehead atoms. The van der Waals surface area contributed by atoms with Crippen LogP contribution in [0.2, 0.25) is 0 Å². The van der Waals surface area contributed by atoms with Crippen molar-refractivity contribution < 1.29 is 37.3 Å². The fraction of sp³-hybridized carbons (Fsp3) is 0.270. The molecule has 0 amide bonds. The molecule has 2 saturated heterocycles. The molecule has 5 heterocycles. The van der Waals surface area contributed by atoms with Crippen LogP contribution < -0.4 is 4.74 Å². The molecule has 0 aliphatic carbocycles. The van der Waals surface area contributed by atoms with Crippen molar-refractivity contribution in [1.82, 2.24) is 29.5 Å². The normalized spacial score (nSPS) is 17.2. The maximum Gasteiger partial charge on any atom is 0.335 e. The van der Waals surface area contributed by atoms with Crippen LogP contribution >= 0.6 is 0 Å². The second-order valence-corrected chi connectivity index (χ2v) is 12.6. The number of carboxylic acid groups (broad SMARTS) is 1. The molecule has 6 aromatic rings. The van der Waals surface area contributed by atoms with Gasteiger partial charge in [0.05, 0.1) is 53.8 Å². The van der Waals surface area contributed by atoms with Gasteiger partial charge in [0.15, 0.2) is 0 Å². The highest BCUT2D eigenvalue weighted by atomic mass is 19.1. The summed E-state index contributed by atoms with van der Waals surface area (Å²) in [7, 11) is 0. The van der Waals surface area contributed by atoms with Crippen LogP contribution in [-0.4, -0.2) is 66.5 Å². The first-order chi connectivity index (χ1) is 24.8. The van der Waals surface area contributed by atoms with Crippen molar-refractivity contribution in [3.63, 3.8) is 0 Å². The Balaban J connectivity index is 0.984.